The minimum atomic E-state index is -0.405. The maximum absolute atomic E-state index is 12.3. The minimum absolute atomic E-state index is 0.147. The number of nitrogens with one attached hydrogen (secondary N) is 2. The van der Waals surface area contributed by atoms with Gasteiger partial charge in [0, 0.05) is 13.6 Å². The molecule has 0 aliphatic rings. The number of nitrogens with zero attached hydrogens (tertiary/aromatic N) is 2. The molecule has 1 heterocycles. The zero-order chi connectivity index (χ0) is 20.1. The Hall–Kier alpha value is -3.55. The van der Waals surface area contributed by atoms with Crippen molar-refractivity contribution in [2.24, 2.45) is 7.05 Å². The standard InChI is InChI=1S/C20H22N4O4/c1-23-16-5-3-4-6-17(16)24(20(23)27)13-19(26)22-12-18(25)21-11-14-7-9-15(28-2)10-8-14/h3-10H,11-13H2,1-2H3,(H,21,25)(H,22,26). The third kappa shape index (κ3) is 4.22. The molecule has 0 aliphatic heterocycles. The summed E-state index contributed by atoms with van der Waals surface area (Å²) in [4.78, 5) is 36.5. The second-order valence-corrected chi connectivity index (χ2v) is 6.32. The third-order valence-corrected chi connectivity index (χ3v) is 4.45. The van der Waals surface area contributed by atoms with Gasteiger partial charge < -0.3 is 15.4 Å². The number of ether oxygens (including phenoxy) is 1. The molecule has 0 unspecified atom stereocenters. The molecular weight excluding hydrogens is 360 g/mol. The maximum Gasteiger partial charge on any atom is 0.329 e. The van der Waals surface area contributed by atoms with Gasteiger partial charge in [-0.2, -0.15) is 0 Å². The van der Waals surface area contributed by atoms with Crippen LogP contribution in [0.15, 0.2) is 53.3 Å². The first-order valence-corrected chi connectivity index (χ1v) is 8.80. The molecule has 0 spiro atoms. The Kier molecular flexibility index (Phi) is 5.78. The van der Waals surface area contributed by atoms with E-state index in [1.54, 1.807) is 20.2 Å². The summed E-state index contributed by atoms with van der Waals surface area (Å²) in [6.45, 7) is 0.0436. The Labute approximate surface area is 161 Å². The highest BCUT2D eigenvalue weighted by Gasteiger charge is 2.13. The van der Waals surface area contributed by atoms with Gasteiger partial charge in [0.15, 0.2) is 0 Å². The third-order valence-electron chi connectivity index (χ3n) is 4.45. The van der Waals surface area contributed by atoms with Crippen LogP contribution in [-0.4, -0.2) is 34.6 Å². The number of imidazole rings is 1. The number of hydrogen-bond donors (Lipinski definition) is 2. The number of hydrogen-bond acceptors (Lipinski definition) is 4. The molecule has 2 amide bonds. The van der Waals surface area contributed by atoms with Gasteiger partial charge in [0.05, 0.1) is 24.7 Å². The predicted octanol–water partition coefficient (Wildman–Crippen LogP) is 0.781. The highest BCUT2D eigenvalue weighted by Crippen LogP contribution is 2.11. The molecule has 3 aromatic rings. The number of amides is 2. The van der Waals surface area contributed by atoms with Gasteiger partial charge in [0.25, 0.3) is 0 Å². The minimum Gasteiger partial charge on any atom is -0.497 e. The van der Waals surface area contributed by atoms with Crippen molar-refractivity contribution in [3.05, 3.63) is 64.6 Å². The number of benzene rings is 2. The molecule has 8 heteroatoms. The lowest BCUT2D eigenvalue weighted by atomic mass is 10.2. The average molecular weight is 382 g/mol. The first-order chi connectivity index (χ1) is 13.5. The number of carbonyl (C=O) groups excluding carboxylic acids is 2. The summed E-state index contributed by atoms with van der Waals surface area (Å²) < 4.78 is 7.96. The van der Waals surface area contributed by atoms with Gasteiger partial charge in [-0.3, -0.25) is 18.7 Å². The summed E-state index contributed by atoms with van der Waals surface area (Å²) in [5, 5.41) is 5.28. The number of methoxy groups -OCH3 is 1. The number of carbonyl (C=O) groups is 2. The van der Waals surface area contributed by atoms with E-state index in [1.807, 2.05) is 42.5 Å². The first kappa shape index (κ1) is 19.2. The fraction of sp³-hybridized carbons (Fsp3) is 0.250. The van der Waals surface area contributed by atoms with Crippen LogP contribution in [0.25, 0.3) is 11.0 Å². The first-order valence-electron chi connectivity index (χ1n) is 8.80. The van der Waals surface area contributed by atoms with Crippen LogP contribution in [0.1, 0.15) is 5.56 Å². The molecule has 2 aromatic carbocycles. The normalized spacial score (nSPS) is 10.6. The number of rotatable bonds is 7. The monoisotopic (exact) mass is 382 g/mol. The molecule has 146 valence electrons. The predicted molar refractivity (Wildman–Crippen MR) is 105 cm³/mol. The summed E-state index contributed by atoms with van der Waals surface area (Å²) >= 11 is 0. The van der Waals surface area contributed by atoms with Crippen molar-refractivity contribution in [1.82, 2.24) is 19.8 Å². The molecule has 0 bridgehead atoms. The molecule has 28 heavy (non-hydrogen) atoms. The van der Waals surface area contributed by atoms with E-state index in [-0.39, 0.29) is 24.7 Å². The second kappa shape index (κ2) is 8.43. The second-order valence-electron chi connectivity index (χ2n) is 6.32. The van der Waals surface area contributed by atoms with Crippen molar-refractivity contribution >= 4 is 22.8 Å². The van der Waals surface area contributed by atoms with Gasteiger partial charge in [-0.1, -0.05) is 24.3 Å². The number of fused-ring (bicyclic) bond motifs is 1. The van der Waals surface area contributed by atoms with Crippen LogP contribution in [0.3, 0.4) is 0 Å². The van der Waals surface area contributed by atoms with Crippen LogP contribution < -0.4 is 21.1 Å². The Morgan fingerprint density at radius 2 is 1.64 bits per heavy atom. The SMILES string of the molecule is COc1ccc(CNC(=O)CNC(=O)Cn2c(=O)n(C)c3ccccc32)cc1. The summed E-state index contributed by atoms with van der Waals surface area (Å²) in [7, 11) is 3.25. The quantitative estimate of drug-likeness (QED) is 0.631. The van der Waals surface area contributed by atoms with E-state index < -0.39 is 5.91 Å². The molecule has 3 rings (SSSR count). The maximum atomic E-state index is 12.3. The zero-order valence-electron chi connectivity index (χ0n) is 15.8. The highest BCUT2D eigenvalue weighted by molar-refractivity contribution is 5.85. The van der Waals surface area contributed by atoms with Crippen LogP contribution in [0.2, 0.25) is 0 Å². The van der Waals surface area contributed by atoms with Gasteiger partial charge in [0.1, 0.15) is 12.3 Å². The Bertz CT molecular complexity index is 1050. The van der Waals surface area contributed by atoms with Gasteiger partial charge in [-0.05, 0) is 29.8 Å². The molecule has 0 aliphatic carbocycles. The van der Waals surface area contributed by atoms with Gasteiger partial charge in [-0.25, -0.2) is 4.79 Å². The lowest BCUT2D eigenvalue weighted by Crippen LogP contribution is -2.39. The van der Waals surface area contributed by atoms with E-state index in [4.69, 9.17) is 4.74 Å². The Balaban J connectivity index is 1.52. The van der Waals surface area contributed by atoms with Crippen LogP contribution in [0.5, 0.6) is 5.75 Å². The fourth-order valence-electron chi connectivity index (χ4n) is 2.90. The summed E-state index contributed by atoms with van der Waals surface area (Å²) in [6, 6.07) is 14.6. The van der Waals surface area contributed by atoms with Crippen molar-refractivity contribution < 1.29 is 14.3 Å². The Morgan fingerprint density at radius 1 is 0.964 bits per heavy atom. The molecule has 0 fully saturated rings. The van der Waals surface area contributed by atoms with E-state index in [2.05, 4.69) is 10.6 Å². The lowest BCUT2D eigenvalue weighted by molar-refractivity contribution is -0.126. The zero-order valence-corrected chi connectivity index (χ0v) is 15.8. The molecule has 2 N–H and O–H groups in total. The number of para-hydroxylation sites is 2. The van der Waals surface area contributed by atoms with Crippen LogP contribution in [0, 0.1) is 0 Å². The fourth-order valence-corrected chi connectivity index (χ4v) is 2.90. The van der Waals surface area contributed by atoms with E-state index >= 15 is 0 Å². The van der Waals surface area contributed by atoms with E-state index in [0.29, 0.717) is 12.1 Å². The van der Waals surface area contributed by atoms with Crippen molar-refractivity contribution in [2.75, 3.05) is 13.7 Å². The smallest absolute Gasteiger partial charge is 0.329 e. The van der Waals surface area contributed by atoms with Crippen LogP contribution >= 0.6 is 0 Å². The topological polar surface area (TPSA) is 94.4 Å². The number of aryl methyl sites for hydroxylation is 1. The van der Waals surface area contributed by atoms with E-state index in [9.17, 15) is 14.4 Å². The molecule has 0 atom stereocenters. The molecule has 8 nitrogen and oxygen atoms in total. The molecule has 0 radical (unpaired) electrons. The summed E-state index contributed by atoms with van der Waals surface area (Å²) in [6.07, 6.45) is 0. The molecular formula is C20H22N4O4. The largest absolute Gasteiger partial charge is 0.497 e. The van der Waals surface area contributed by atoms with Gasteiger partial charge in [-0.15, -0.1) is 0 Å². The molecule has 0 saturated carbocycles. The van der Waals surface area contributed by atoms with Crippen LogP contribution in [-0.2, 0) is 29.7 Å². The van der Waals surface area contributed by atoms with E-state index in [0.717, 1.165) is 16.8 Å². The lowest BCUT2D eigenvalue weighted by Gasteiger charge is -2.08. The van der Waals surface area contributed by atoms with Gasteiger partial charge >= 0.3 is 5.69 Å². The Morgan fingerprint density at radius 3 is 2.32 bits per heavy atom. The van der Waals surface area contributed by atoms with Crippen molar-refractivity contribution in [2.45, 2.75) is 13.1 Å². The summed E-state index contributed by atoms with van der Waals surface area (Å²) in [5.41, 5.74) is 2.06. The van der Waals surface area contributed by atoms with Crippen molar-refractivity contribution in [3.8, 4) is 5.75 Å². The highest BCUT2D eigenvalue weighted by atomic mass is 16.5. The van der Waals surface area contributed by atoms with Crippen LogP contribution in [0.4, 0.5) is 0 Å². The van der Waals surface area contributed by atoms with E-state index in [1.165, 1.54) is 9.13 Å². The summed E-state index contributed by atoms with van der Waals surface area (Å²) in [5.74, 6) is 0.0264. The average Bonchev–Trinajstić information content (AvgIpc) is 2.96. The van der Waals surface area contributed by atoms with Crippen molar-refractivity contribution in [3.63, 3.8) is 0 Å². The van der Waals surface area contributed by atoms with Crippen molar-refractivity contribution in [1.29, 1.82) is 0 Å². The number of aromatic nitrogens is 2. The molecule has 1 aromatic heterocycles. The molecule has 0 saturated heterocycles. The van der Waals surface area contributed by atoms with Gasteiger partial charge in [0.2, 0.25) is 11.8 Å².